The van der Waals surface area contributed by atoms with Gasteiger partial charge in [-0.25, -0.2) is 0 Å². The lowest BCUT2D eigenvalue weighted by atomic mass is 10.1. The summed E-state index contributed by atoms with van der Waals surface area (Å²) in [7, 11) is 0. The van der Waals surface area contributed by atoms with Crippen LogP contribution >= 0.6 is 0 Å². The minimum atomic E-state index is 1.32. The third-order valence-electron chi connectivity index (χ3n) is 4.06. The number of hydrogen-bond acceptors (Lipinski definition) is 0. The molecule has 0 aromatic heterocycles. The van der Waals surface area contributed by atoms with Crippen molar-refractivity contribution in [2.24, 2.45) is 0 Å². The predicted molar refractivity (Wildman–Crippen MR) is 113 cm³/mol. The molecule has 0 nitrogen and oxygen atoms in total. The Morgan fingerprint density at radius 1 is 0.400 bits per heavy atom. The van der Waals surface area contributed by atoms with Crippen LogP contribution in [0.25, 0.3) is 21.5 Å². The largest absolute Gasteiger partial charge is 0.0683 e. The molecule has 0 amide bonds. The Morgan fingerprint density at radius 2 is 0.720 bits per heavy atom. The molecule has 4 aromatic carbocycles. The summed E-state index contributed by atoms with van der Waals surface area (Å²) in [5.41, 5.74) is 3.97. The van der Waals surface area contributed by atoms with Gasteiger partial charge >= 0.3 is 0 Å². The molecule has 4 rings (SSSR count). The van der Waals surface area contributed by atoms with Gasteiger partial charge < -0.3 is 0 Å². The molecule has 0 atom stereocenters. The molecule has 0 aliphatic rings. The molecule has 25 heavy (non-hydrogen) atoms. The van der Waals surface area contributed by atoms with Crippen molar-refractivity contribution in [3.05, 3.63) is 95.6 Å². The fourth-order valence-electron chi connectivity index (χ4n) is 2.79. The molecule has 0 fully saturated rings. The van der Waals surface area contributed by atoms with Crippen LogP contribution in [-0.2, 0) is 0 Å². The van der Waals surface area contributed by atoms with Crippen LogP contribution in [0.3, 0.4) is 0 Å². The molecule has 0 heterocycles. The van der Waals surface area contributed by atoms with E-state index in [1.54, 1.807) is 0 Å². The van der Waals surface area contributed by atoms with Crippen molar-refractivity contribution in [1.82, 2.24) is 0 Å². The number of fused-ring (bicyclic) bond motifs is 2. The van der Waals surface area contributed by atoms with Crippen LogP contribution < -0.4 is 0 Å². The molecule has 0 heteroatoms. The first-order valence-corrected chi connectivity index (χ1v) is 9.04. The molecule has 128 valence electrons. The number of hydrogen-bond donors (Lipinski definition) is 0. The Hall–Kier alpha value is -2.60. The molecule has 0 saturated heterocycles. The Morgan fingerprint density at radius 3 is 1.16 bits per heavy atom. The third kappa shape index (κ3) is 5.19. The number of rotatable bonds is 0. The van der Waals surface area contributed by atoms with Gasteiger partial charge in [-0.1, -0.05) is 109 Å². The van der Waals surface area contributed by atoms with Crippen molar-refractivity contribution in [2.45, 2.75) is 34.6 Å². The summed E-state index contributed by atoms with van der Waals surface area (Å²) in [4.78, 5) is 0. The molecule has 0 aliphatic carbocycles. The quantitative estimate of drug-likeness (QED) is 0.311. The van der Waals surface area contributed by atoms with Crippen LogP contribution in [-0.4, -0.2) is 0 Å². The summed E-state index contributed by atoms with van der Waals surface area (Å²) in [6, 6.07) is 28.0. The first-order chi connectivity index (χ1) is 12.1. The third-order valence-corrected chi connectivity index (χ3v) is 4.06. The lowest BCUT2D eigenvalue weighted by molar-refractivity contribution is 1.47. The van der Waals surface area contributed by atoms with Gasteiger partial charge in [-0.2, -0.15) is 0 Å². The van der Waals surface area contributed by atoms with E-state index in [0.717, 1.165) is 0 Å². The van der Waals surface area contributed by atoms with Gasteiger partial charge in [0, 0.05) is 0 Å². The molecule has 4 aromatic rings. The number of aryl methyl sites for hydroxylation is 3. The van der Waals surface area contributed by atoms with Crippen LogP contribution in [0, 0.1) is 20.8 Å². The van der Waals surface area contributed by atoms with Gasteiger partial charge in [0.15, 0.2) is 0 Å². The van der Waals surface area contributed by atoms with E-state index in [9.17, 15) is 0 Å². The Kier molecular flexibility index (Phi) is 6.77. The second-order valence-corrected chi connectivity index (χ2v) is 6.20. The maximum absolute atomic E-state index is 2.22. The summed E-state index contributed by atoms with van der Waals surface area (Å²) in [5, 5.41) is 5.31. The Labute approximate surface area is 152 Å². The van der Waals surface area contributed by atoms with E-state index in [1.807, 2.05) is 13.8 Å². The maximum atomic E-state index is 2.22. The summed E-state index contributed by atoms with van der Waals surface area (Å²) in [5.74, 6) is 0. The molecule has 0 radical (unpaired) electrons. The van der Waals surface area contributed by atoms with Crippen LogP contribution in [0.4, 0.5) is 0 Å². The summed E-state index contributed by atoms with van der Waals surface area (Å²) in [6.45, 7) is 10.4. The summed E-state index contributed by atoms with van der Waals surface area (Å²) < 4.78 is 0. The molecule has 0 saturated carbocycles. The van der Waals surface area contributed by atoms with Crippen molar-refractivity contribution in [2.75, 3.05) is 0 Å². The minimum absolute atomic E-state index is 1.32. The molecule has 0 bridgehead atoms. The minimum Gasteiger partial charge on any atom is -0.0683 e. The smallest absolute Gasteiger partial charge is 0.0181 e. The number of benzene rings is 4. The standard InChI is InChI=1S/C12H12.C11H10.C2H6/c1-9-3-5-12-8-10(2)4-6-11(12)7-9;1-9-6-7-10-4-2-3-5-11(10)8-9;1-2/h3-8H,1-2H3;2-8H,1H3;1-2H3. The van der Waals surface area contributed by atoms with Gasteiger partial charge in [-0.3, -0.25) is 0 Å². The zero-order valence-corrected chi connectivity index (χ0v) is 16.0. The van der Waals surface area contributed by atoms with E-state index < -0.39 is 0 Å². The lowest BCUT2D eigenvalue weighted by Gasteiger charge is -1.99. The zero-order valence-electron chi connectivity index (χ0n) is 16.0. The van der Waals surface area contributed by atoms with E-state index in [1.165, 1.54) is 38.2 Å². The van der Waals surface area contributed by atoms with Crippen molar-refractivity contribution in [3.63, 3.8) is 0 Å². The van der Waals surface area contributed by atoms with Gasteiger partial charge in [0.25, 0.3) is 0 Å². The predicted octanol–water partition coefficient (Wildman–Crippen LogP) is 7.63. The average molecular weight is 328 g/mol. The van der Waals surface area contributed by atoms with Crippen LogP contribution in [0.15, 0.2) is 78.9 Å². The van der Waals surface area contributed by atoms with Crippen LogP contribution in [0.5, 0.6) is 0 Å². The van der Waals surface area contributed by atoms with Crippen molar-refractivity contribution >= 4 is 21.5 Å². The topological polar surface area (TPSA) is 0 Å². The monoisotopic (exact) mass is 328 g/mol. The maximum Gasteiger partial charge on any atom is -0.0181 e. The highest BCUT2D eigenvalue weighted by molar-refractivity contribution is 5.84. The molecule has 0 aliphatic heterocycles. The second-order valence-electron chi connectivity index (χ2n) is 6.20. The fraction of sp³-hybridized carbons (Fsp3) is 0.200. The molecule has 0 unspecified atom stereocenters. The first kappa shape index (κ1) is 18.7. The Balaban J connectivity index is 0.000000165. The summed E-state index contributed by atoms with van der Waals surface area (Å²) >= 11 is 0. The Bertz CT molecular complexity index is 907. The van der Waals surface area contributed by atoms with Gasteiger partial charge in [-0.05, 0) is 42.3 Å². The summed E-state index contributed by atoms with van der Waals surface area (Å²) in [6.07, 6.45) is 0. The van der Waals surface area contributed by atoms with Crippen molar-refractivity contribution in [3.8, 4) is 0 Å². The molecule has 0 spiro atoms. The van der Waals surface area contributed by atoms with Crippen molar-refractivity contribution < 1.29 is 0 Å². The van der Waals surface area contributed by atoms with Gasteiger partial charge in [0.05, 0.1) is 0 Å². The van der Waals surface area contributed by atoms with Gasteiger partial charge in [0.2, 0.25) is 0 Å². The highest BCUT2D eigenvalue weighted by Gasteiger charge is 1.92. The zero-order chi connectivity index (χ0) is 18.2. The van der Waals surface area contributed by atoms with Crippen LogP contribution in [0.2, 0.25) is 0 Å². The highest BCUT2D eigenvalue weighted by Crippen LogP contribution is 2.17. The van der Waals surface area contributed by atoms with E-state index in [0.29, 0.717) is 0 Å². The van der Waals surface area contributed by atoms with Gasteiger partial charge in [-0.15, -0.1) is 0 Å². The normalized spacial score (nSPS) is 9.80. The SMILES string of the molecule is CC.Cc1ccc2cc(C)ccc2c1.Cc1ccc2ccccc2c1. The van der Waals surface area contributed by atoms with Crippen LogP contribution in [0.1, 0.15) is 30.5 Å². The van der Waals surface area contributed by atoms with E-state index >= 15 is 0 Å². The molecule has 0 N–H and O–H groups in total. The van der Waals surface area contributed by atoms with Gasteiger partial charge in [0.1, 0.15) is 0 Å². The molecular weight excluding hydrogens is 300 g/mol. The van der Waals surface area contributed by atoms with E-state index in [-0.39, 0.29) is 0 Å². The highest BCUT2D eigenvalue weighted by atomic mass is 14.0. The second kappa shape index (κ2) is 9.03. The fourth-order valence-corrected chi connectivity index (χ4v) is 2.79. The first-order valence-electron chi connectivity index (χ1n) is 9.04. The lowest BCUT2D eigenvalue weighted by Crippen LogP contribution is -1.76. The van der Waals surface area contributed by atoms with Crippen molar-refractivity contribution in [1.29, 1.82) is 0 Å². The van der Waals surface area contributed by atoms with E-state index in [4.69, 9.17) is 0 Å². The average Bonchev–Trinajstić information content (AvgIpc) is 2.64. The van der Waals surface area contributed by atoms with E-state index in [2.05, 4.69) is 99.6 Å². The molecular formula is C25H28.